The first-order valence-electron chi connectivity index (χ1n) is 2.06. The van der Waals surface area contributed by atoms with E-state index in [9.17, 15) is 0 Å². The van der Waals surface area contributed by atoms with Crippen LogP contribution in [0.2, 0.25) is 0 Å². The molecule has 2 nitrogen and oxygen atoms in total. The van der Waals surface area contributed by atoms with Crippen LogP contribution >= 0.6 is 0 Å². The van der Waals surface area contributed by atoms with E-state index in [2.05, 4.69) is 11.8 Å². The van der Waals surface area contributed by atoms with Crippen LogP contribution < -0.4 is 0 Å². The Morgan fingerprint density at radius 2 is 2.25 bits per heavy atom. The summed E-state index contributed by atoms with van der Waals surface area (Å²) in [6, 6.07) is 0. The topological polar surface area (TPSA) is 40.5 Å². The molecule has 0 aromatic carbocycles. The molecule has 8 heavy (non-hydrogen) atoms. The zero-order valence-corrected chi connectivity index (χ0v) is 4.26. The molecule has 0 aliphatic carbocycles. The third kappa shape index (κ3) is 3.24. The van der Waals surface area contributed by atoms with Crippen LogP contribution in [0.5, 0.6) is 0 Å². The van der Waals surface area contributed by atoms with Gasteiger partial charge in [-0.3, -0.25) is 0 Å². The first-order chi connectivity index (χ1) is 3.81. The maximum atomic E-state index is 8.47. The molecule has 2 heteroatoms. The number of aliphatic hydroxyl groups is 2. The molecule has 2 N–H and O–H groups in total. The second-order valence-electron chi connectivity index (χ2n) is 1.11. The maximum Gasteiger partial charge on any atom is 0.138 e. The van der Waals surface area contributed by atoms with E-state index >= 15 is 0 Å². The average Bonchev–Trinajstić information content (AvgIpc) is 1.83. The average molecular weight is 110 g/mol. The fourth-order valence-corrected chi connectivity index (χ4v) is 0.171. The Labute approximate surface area is 48.2 Å². The van der Waals surface area contributed by atoms with Gasteiger partial charge in [0.25, 0.3) is 0 Å². The van der Waals surface area contributed by atoms with E-state index in [-0.39, 0.29) is 6.61 Å². The lowest BCUT2D eigenvalue weighted by Gasteiger charge is -1.90. The van der Waals surface area contributed by atoms with Gasteiger partial charge in [0, 0.05) is 0 Å². The van der Waals surface area contributed by atoms with E-state index in [1.807, 2.05) is 5.92 Å². The molecule has 0 bridgehead atoms. The van der Waals surface area contributed by atoms with E-state index in [0.29, 0.717) is 0 Å². The van der Waals surface area contributed by atoms with Crippen molar-refractivity contribution in [2.75, 3.05) is 6.61 Å². The van der Waals surface area contributed by atoms with Crippen molar-refractivity contribution in [3.63, 3.8) is 0 Å². The maximum absolute atomic E-state index is 8.47. The Hall–Kier alpha value is -0.960. The third-order valence-electron chi connectivity index (χ3n) is 0.484. The number of aliphatic hydroxyl groups excluding tert-OH is 2. The molecule has 0 heterocycles. The second-order valence-corrected chi connectivity index (χ2v) is 1.11. The molecule has 0 rings (SSSR count). The Morgan fingerprint density at radius 3 is 2.62 bits per heavy atom. The van der Waals surface area contributed by atoms with Gasteiger partial charge in [0.05, 0.1) is 6.61 Å². The van der Waals surface area contributed by atoms with E-state index in [1.54, 1.807) is 0 Å². The number of hydrogen-bond donors (Lipinski definition) is 2. The molecule has 0 aromatic heterocycles. The fraction of sp³-hybridized carbons (Fsp3) is 0.333. The molecule has 0 aliphatic rings. The van der Waals surface area contributed by atoms with Crippen LogP contribution in [0.4, 0.5) is 0 Å². The first-order valence-corrected chi connectivity index (χ1v) is 2.06. The molecule has 0 fully saturated rings. The Morgan fingerprint density at radius 1 is 1.62 bits per heavy atom. The Kier molecular flexibility index (Phi) is 3.70. The van der Waals surface area contributed by atoms with Gasteiger partial charge in [0.1, 0.15) is 6.10 Å². The summed E-state index contributed by atoms with van der Waals surface area (Å²) in [6.07, 6.45) is 3.72. The molecule has 0 amide bonds. The van der Waals surface area contributed by atoms with Crippen LogP contribution in [0.3, 0.4) is 0 Å². The van der Waals surface area contributed by atoms with Crippen LogP contribution in [-0.4, -0.2) is 22.9 Å². The van der Waals surface area contributed by atoms with Crippen molar-refractivity contribution in [2.45, 2.75) is 6.10 Å². The summed E-state index contributed by atoms with van der Waals surface area (Å²) in [5.41, 5.74) is 0. The number of terminal acetylenes is 1. The van der Waals surface area contributed by atoms with Crippen molar-refractivity contribution in [1.82, 2.24) is 0 Å². The predicted molar refractivity (Wildman–Crippen MR) is 29.7 cm³/mol. The highest BCUT2D eigenvalue weighted by Gasteiger charge is 1.90. The van der Waals surface area contributed by atoms with Gasteiger partial charge in [-0.1, -0.05) is 5.92 Å². The molecule has 0 saturated carbocycles. The Balaban J connectivity index is 3.55. The third-order valence-corrected chi connectivity index (χ3v) is 0.484. The smallest absolute Gasteiger partial charge is 0.138 e. The highest BCUT2D eigenvalue weighted by molar-refractivity contribution is 5.23. The summed E-state index contributed by atoms with van der Waals surface area (Å²) in [6.45, 7) is -0.366. The summed E-state index contributed by atoms with van der Waals surface area (Å²) >= 11 is 0. The summed E-state index contributed by atoms with van der Waals surface area (Å²) < 4.78 is 0. The molecule has 0 saturated heterocycles. The van der Waals surface area contributed by atoms with Gasteiger partial charge in [-0.15, -0.1) is 6.42 Å². The lowest BCUT2D eigenvalue weighted by atomic mass is 10.4. The van der Waals surface area contributed by atoms with E-state index in [1.165, 1.54) is 0 Å². The minimum absolute atomic E-state index is 0.366. The van der Waals surface area contributed by atoms with Gasteiger partial charge < -0.3 is 10.2 Å². The SMILES string of the molecule is C#CC#CC(O)CO. The van der Waals surface area contributed by atoms with Gasteiger partial charge in [-0.25, -0.2) is 0 Å². The molecular weight excluding hydrogens is 104 g/mol. The van der Waals surface area contributed by atoms with Gasteiger partial charge in [0.15, 0.2) is 0 Å². The van der Waals surface area contributed by atoms with Gasteiger partial charge in [0.2, 0.25) is 0 Å². The van der Waals surface area contributed by atoms with Crippen molar-refractivity contribution in [1.29, 1.82) is 0 Å². The first kappa shape index (κ1) is 7.04. The van der Waals surface area contributed by atoms with Gasteiger partial charge in [-0.2, -0.15) is 0 Å². The Bertz CT molecular complexity index is 144. The molecule has 1 atom stereocenters. The van der Waals surface area contributed by atoms with Crippen molar-refractivity contribution < 1.29 is 10.2 Å². The summed E-state index contributed by atoms with van der Waals surface area (Å²) in [4.78, 5) is 0. The molecule has 42 valence electrons. The van der Waals surface area contributed by atoms with Crippen molar-refractivity contribution in [2.24, 2.45) is 0 Å². The standard InChI is InChI=1S/C6H6O2/c1-2-3-4-6(8)5-7/h1,6-8H,5H2. The normalized spacial score (nSPS) is 10.6. The molecular formula is C6H6O2. The second kappa shape index (κ2) is 4.21. The zero-order valence-electron chi connectivity index (χ0n) is 4.26. The van der Waals surface area contributed by atoms with Crippen LogP contribution in [0.1, 0.15) is 0 Å². The van der Waals surface area contributed by atoms with E-state index < -0.39 is 6.10 Å². The molecule has 0 aliphatic heterocycles. The van der Waals surface area contributed by atoms with E-state index in [0.717, 1.165) is 0 Å². The van der Waals surface area contributed by atoms with Crippen LogP contribution in [-0.2, 0) is 0 Å². The molecule has 0 aromatic rings. The van der Waals surface area contributed by atoms with Crippen molar-refractivity contribution in [3.8, 4) is 24.2 Å². The fourth-order valence-electron chi connectivity index (χ4n) is 0.171. The zero-order chi connectivity index (χ0) is 6.41. The molecule has 1 unspecified atom stereocenters. The lowest BCUT2D eigenvalue weighted by molar-refractivity contribution is 0.138. The van der Waals surface area contributed by atoms with Crippen LogP contribution in [0, 0.1) is 24.2 Å². The summed E-state index contributed by atoms with van der Waals surface area (Å²) in [5, 5.41) is 16.6. The quantitative estimate of drug-likeness (QED) is 0.424. The minimum Gasteiger partial charge on any atom is -0.393 e. The molecule has 0 spiro atoms. The van der Waals surface area contributed by atoms with E-state index in [4.69, 9.17) is 16.6 Å². The number of rotatable bonds is 1. The summed E-state index contributed by atoms with van der Waals surface area (Å²) in [7, 11) is 0. The highest BCUT2D eigenvalue weighted by Crippen LogP contribution is 1.72. The van der Waals surface area contributed by atoms with Crippen LogP contribution in [0.25, 0.3) is 0 Å². The lowest BCUT2D eigenvalue weighted by Crippen LogP contribution is -2.07. The van der Waals surface area contributed by atoms with Gasteiger partial charge >= 0.3 is 0 Å². The minimum atomic E-state index is -0.994. The highest BCUT2D eigenvalue weighted by atomic mass is 16.3. The predicted octanol–water partition coefficient (Wildman–Crippen LogP) is -1.02. The van der Waals surface area contributed by atoms with Gasteiger partial charge in [-0.05, 0) is 11.8 Å². The van der Waals surface area contributed by atoms with Crippen molar-refractivity contribution >= 4 is 0 Å². The van der Waals surface area contributed by atoms with Crippen LogP contribution in [0.15, 0.2) is 0 Å². The number of hydrogen-bond acceptors (Lipinski definition) is 2. The largest absolute Gasteiger partial charge is 0.393 e. The molecule has 0 radical (unpaired) electrons. The summed E-state index contributed by atoms with van der Waals surface area (Å²) in [5.74, 6) is 6.37. The van der Waals surface area contributed by atoms with Crippen molar-refractivity contribution in [3.05, 3.63) is 0 Å². The monoisotopic (exact) mass is 110 g/mol.